The lowest BCUT2D eigenvalue weighted by Gasteiger charge is -2.26. The van der Waals surface area contributed by atoms with E-state index < -0.39 is 15.9 Å². The summed E-state index contributed by atoms with van der Waals surface area (Å²) in [5, 5.41) is 2.89. The molecule has 0 saturated carbocycles. The summed E-state index contributed by atoms with van der Waals surface area (Å²) in [6.45, 7) is 3.73. The lowest BCUT2D eigenvalue weighted by molar-refractivity contribution is 0.0730. The van der Waals surface area contributed by atoms with Crippen molar-refractivity contribution >= 4 is 27.5 Å². The predicted molar refractivity (Wildman–Crippen MR) is 110 cm³/mol. The van der Waals surface area contributed by atoms with Gasteiger partial charge in [0.1, 0.15) is 12.4 Å². The van der Waals surface area contributed by atoms with Gasteiger partial charge < -0.3 is 14.8 Å². The number of hydrogen-bond donors (Lipinski definition) is 1. The Bertz CT molecular complexity index is 975. The SMILES string of the molecule is Cc1ccccc1OCCNC(=O)c1cc(S(=O)(=O)N2CCOCC2)ccc1Cl. The molecule has 29 heavy (non-hydrogen) atoms. The fraction of sp³-hybridized carbons (Fsp3) is 0.350. The third-order valence-electron chi connectivity index (χ3n) is 4.53. The van der Waals surface area contributed by atoms with Gasteiger partial charge in [0.2, 0.25) is 10.0 Å². The molecule has 2 aromatic rings. The smallest absolute Gasteiger partial charge is 0.252 e. The standard InChI is InChI=1S/C20H23ClN2O5S/c1-15-4-2-3-5-19(15)28-11-8-22-20(24)17-14-16(6-7-18(17)21)29(25,26)23-9-12-27-13-10-23/h2-7,14H,8-13H2,1H3,(H,22,24). The maximum atomic E-state index is 12.8. The fourth-order valence-corrected chi connectivity index (χ4v) is 4.55. The number of nitrogens with one attached hydrogen (secondary N) is 1. The molecule has 1 amide bonds. The Morgan fingerprint density at radius 1 is 1.21 bits per heavy atom. The van der Waals surface area contributed by atoms with Crippen LogP contribution in [0.15, 0.2) is 47.4 Å². The Kier molecular flexibility index (Phi) is 7.13. The van der Waals surface area contributed by atoms with Crippen molar-refractivity contribution in [3.63, 3.8) is 0 Å². The van der Waals surface area contributed by atoms with Crippen LogP contribution in [0.1, 0.15) is 15.9 Å². The van der Waals surface area contributed by atoms with E-state index in [1.54, 1.807) is 0 Å². The van der Waals surface area contributed by atoms with E-state index in [0.29, 0.717) is 13.2 Å². The third-order valence-corrected chi connectivity index (χ3v) is 6.75. The highest BCUT2D eigenvalue weighted by Gasteiger charge is 2.27. The number of carbonyl (C=O) groups is 1. The van der Waals surface area contributed by atoms with Crippen molar-refractivity contribution < 1.29 is 22.7 Å². The first-order valence-corrected chi connectivity index (χ1v) is 11.1. The highest BCUT2D eigenvalue weighted by atomic mass is 35.5. The highest BCUT2D eigenvalue weighted by molar-refractivity contribution is 7.89. The maximum absolute atomic E-state index is 12.8. The molecule has 0 atom stereocenters. The molecule has 3 rings (SSSR count). The van der Waals surface area contributed by atoms with E-state index in [2.05, 4.69) is 5.32 Å². The largest absolute Gasteiger partial charge is 0.491 e. The van der Waals surface area contributed by atoms with E-state index in [1.165, 1.54) is 22.5 Å². The van der Waals surface area contributed by atoms with Crippen LogP contribution in [0.2, 0.25) is 5.02 Å². The number of benzene rings is 2. The number of para-hydroxylation sites is 1. The van der Waals surface area contributed by atoms with Gasteiger partial charge in [-0.2, -0.15) is 4.31 Å². The van der Waals surface area contributed by atoms with Crippen LogP contribution in [0.4, 0.5) is 0 Å². The van der Waals surface area contributed by atoms with Crippen LogP contribution in [-0.4, -0.2) is 58.1 Å². The number of carbonyl (C=O) groups excluding carboxylic acids is 1. The number of aryl methyl sites for hydroxylation is 1. The molecule has 0 unspecified atom stereocenters. The number of nitrogens with zero attached hydrogens (tertiary/aromatic N) is 1. The predicted octanol–water partition coefficient (Wildman–Crippen LogP) is 2.48. The summed E-state index contributed by atoms with van der Waals surface area (Å²) in [6.07, 6.45) is 0. The van der Waals surface area contributed by atoms with Crippen molar-refractivity contribution in [2.45, 2.75) is 11.8 Å². The zero-order valence-corrected chi connectivity index (χ0v) is 17.6. The molecule has 1 N–H and O–H groups in total. The number of rotatable bonds is 7. The van der Waals surface area contributed by atoms with Gasteiger partial charge in [0.25, 0.3) is 5.91 Å². The monoisotopic (exact) mass is 438 g/mol. The van der Waals surface area contributed by atoms with Crippen LogP contribution >= 0.6 is 11.6 Å². The van der Waals surface area contributed by atoms with Gasteiger partial charge in [0.15, 0.2) is 0 Å². The minimum Gasteiger partial charge on any atom is -0.491 e. The van der Waals surface area contributed by atoms with Crippen molar-refractivity contribution in [3.8, 4) is 5.75 Å². The number of amides is 1. The summed E-state index contributed by atoms with van der Waals surface area (Å²) >= 11 is 6.14. The van der Waals surface area contributed by atoms with E-state index in [9.17, 15) is 13.2 Å². The molecule has 1 heterocycles. The number of halogens is 1. The lowest BCUT2D eigenvalue weighted by Crippen LogP contribution is -2.40. The quantitative estimate of drug-likeness (QED) is 0.671. The van der Waals surface area contributed by atoms with E-state index in [-0.39, 0.29) is 41.7 Å². The van der Waals surface area contributed by atoms with Gasteiger partial charge >= 0.3 is 0 Å². The molecule has 9 heteroatoms. The minimum absolute atomic E-state index is 0.0325. The molecule has 1 saturated heterocycles. The van der Waals surface area contributed by atoms with Gasteiger partial charge in [-0.25, -0.2) is 8.42 Å². The summed E-state index contributed by atoms with van der Waals surface area (Å²) in [7, 11) is -3.71. The summed E-state index contributed by atoms with van der Waals surface area (Å²) in [4.78, 5) is 12.6. The summed E-state index contributed by atoms with van der Waals surface area (Å²) in [5.74, 6) is 0.292. The zero-order valence-electron chi connectivity index (χ0n) is 16.1. The average molecular weight is 439 g/mol. The van der Waals surface area contributed by atoms with Crippen molar-refractivity contribution in [3.05, 3.63) is 58.6 Å². The number of morpholine rings is 1. The topological polar surface area (TPSA) is 84.9 Å². The second-order valence-electron chi connectivity index (χ2n) is 6.53. The van der Waals surface area contributed by atoms with Crippen molar-refractivity contribution in [2.75, 3.05) is 39.5 Å². The van der Waals surface area contributed by atoms with Crippen molar-refractivity contribution in [1.82, 2.24) is 9.62 Å². The fourth-order valence-electron chi connectivity index (χ4n) is 2.91. The van der Waals surface area contributed by atoms with Crippen LogP contribution in [0.25, 0.3) is 0 Å². The molecule has 0 radical (unpaired) electrons. The molecule has 0 bridgehead atoms. The molecule has 156 valence electrons. The third kappa shape index (κ3) is 5.27. The van der Waals surface area contributed by atoms with Crippen LogP contribution in [-0.2, 0) is 14.8 Å². The zero-order chi connectivity index (χ0) is 20.9. The maximum Gasteiger partial charge on any atom is 0.252 e. The second kappa shape index (κ2) is 9.58. The number of hydrogen-bond acceptors (Lipinski definition) is 5. The second-order valence-corrected chi connectivity index (χ2v) is 8.87. The van der Waals surface area contributed by atoms with Crippen LogP contribution in [0.3, 0.4) is 0 Å². The number of sulfonamides is 1. The van der Waals surface area contributed by atoms with E-state index >= 15 is 0 Å². The normalized spacial score (nSPS) is 15.1. The first-order valence-electron chi connectivity index (χ1n) is 9.23. The molecular formula is C20H23ClN2O5S. The Labute approximate surface area is 175 Å². The molecule has 2 aromatic carbocycles. The van der Waals surface area contributed by atoms with Gasteiger partial charge in [-0.3, -0.25) is 4.79 Å². The molecular weight excluding hydrogens is 416 g/mol. The van der Waals surface area contributed by atoms with Crippen molar-refractivity contribution in [1.29, 1.82) is 0 Å². The molecule has 7 nitrogen and oxygen atoms in total. The minimum atomic E-state index is -3.71. The van der Waals surface area contributed by atoms with Gasteiger partial charge in [-0.1, -0.05) is 29.8 Å². The lowest BCUT2D eigenvalue weighted by atomic mass is 10.2. The van der Waals surface area contributed by atoms with Gasteiger partial charge in [-0.05, 0) is 36.8 Å². The van der Waals surface area contributed by atoms with E-state index in [0.717, 1.165) is 11.3 Å². The Balaban J connectivity index is 1.64. The van der Waals surface area contributed by atoms with Crippen LogP contribution in [0, 0.1) is 6.92 Å². The summed E-state index contributed by atoms with van der Waals surface area (Å²) < 4.78 is 37.8. The van der Waals surface area contributed by atoms with E-state index in [4.69, 9.17) is 21.1 Å². The molecule has 1 fully saturated rings. The molecule has 0 aliphatic carbocycles. The Morgan fingerprint density at radius 2 is 1.93 bits per heavy atom. The average Bonchev–Trinajstić information content (AvgIpc) is 2.73. The first kappa shape index (κ1) is 21.6. The van der Waals surface area contributed by atoms with Gasteiger partial charge in [-0.15, -0.1) is 0 Å². The summed E-state index contributed by atoms with van der Waals surface area (Å²) in [5.41, 5.74) is 1.11. The molecule has 0 aromatic heterocycles. The molecule has 1 aliphatic heterocycles. The first-order chi connectivity index (χ1) is 13.9. The van der Waals surface area contributed by atoms with Crippen molar-refractivity contribution in [2.24, 2.45) is 0 Å². The summed E-state index contributed by atoms with van der Waals surface area (Å²) in [6, 6.07) is 11.7. The van der Waals surface area contributed by atoms with E-state index in [1.807, 2.05) is 31.2 Å². The number of ether oxygens (including phenoxy) is 2. The molecule has 1 aliphatic rings. The molecule has 0 spiro atoms. The van der Waals surface area contributed by atoms with Gasteiger partial charge in [0.05, 0.1) is 35.2 Å². The Hall–Kier alpha value is -2.13. The van der Waals surface area contributed by atoms with Crippen LogP contribution < -0.4 is 10.1 Å². The van der Waals surface area contributed by atoms with Crippen LogP contribution in [0.5, 0.6) is 5.75 Å². The highest BCUT2D eigenvalue weighted by Crippen LogP contribution is 2.23. The Morgan fingerprint density at radius 3 is 2.66 bits per heavy atom. The van der Waals surface area contributed by atoms with Gasteiger partial charge in [0, 0.05) is 13.1 Å².